The molecule has 4 rings (SSSR count). The maximum Gasteiger partial charge on any atom is 0.264 e. The van der Waals surface area contributed by atoms with Gasteiger partial charge in [0.1, 0.15) is 11.8 Å². The quantitative estimate of drug-likeness (QED) is 0.807. The molecule has 0 aromatic carbocycles. The van der Waals surface area contributed by atoms with Crippen LogP contribution in [0.4, 0.5) is 0 Å². The minimum Gasteiger partial charge on any atom is -0.468 e. The van der Waals surface area contributed by atoms with E-state index in [1.54, 1.807) is 11.2 Å². The third kappa shape index (κ3) is 4.15. The highest BCUT2D eigenvalue weighted by Crippen LogP contribution is 2.26. The number of amides is 2. The molecule has 0 saturated carbocycles. The Balaban J connectivity index is 1.40. The van der Waals surface area contributed by atoms with Gasteiger partial charge in [0.15, 0.2) is 0 Å². The first-order valence-electron chi connectivity index (χ1n) is 10.1. The van der Waals surface area contributed by atoms with Gasteiger partial charge in [-0.05, 0) is 62.4 Å². The van der Waals surface area contributed by atoms with Crippen molar-refractivity contribution in [3.63, 3.8) is 0 Å². The molecule has 0 radical (unpaired) electrons. The number of hydrogen-bond acceptors (Lipinski definition) is 5. The van der Waals surface area contributed by atoms with Crippen molar-refractivity contribution in [1.29, 1.82) is 0 Å². The van der Waals surface area contributed by atoms with Gasteiger partial charge in [-0.25, -0.2) is 0 Å². The fourth-order valence-corrected chi connectivity index (χ4v) is 4.94. The minimum atomic E-state index is -0.381. The lowest BCUT2D eigenvalue weighted by Crippen LogP contribution is -2.48. The van der Waals surface area contributed by atoms with Crippen LogP contribution in [0.5, 0.6) is 0 Å². The number of carbonyl (C=O) groups is 2. The number of furan rings is 1. The Morgan fingerprint density at radius 3 is 2.71 bits per heavy atom. The number of carbonyl (C=O) groups excluding carboxylic acids is 2. The third-order valence-electron chi connectivity index (χ3n) is 5.72. The summed E-state index contributed by atoms with van der Waals surface area (Å²) in [4.78, 5) is 30.5. The Kier molecular flexibility index (Phi) is 6.12. The van der Waals surface area contributed by atoms with E-state index < -0.39 is 0 Å². The average Bonchev–Trinajstić information content (AvgIpc) is 3.51. The van der Waals surface area contributed by atoms with Gasteiger partial charge in [0.05, 0.1) is 17.2 Å². The van der Waals surface area contributed by atoms with Crippen molar-refractivity contribution in [2.45, 2.75) is 44.2 Å². The molecule has 2 aromatic heterocycles. The molecular formula is C21H27N3O3S. The number of nitrogens with zero attached hydrogens (tertiary/aromatic N) is 2. The zero-order chi connectivity index (χ0) is 19.3. The van der Waals surface area contributed by atoms with Crippen LogP contribution < -0.4 is 5.32 Å². The Morgan fingerprint density at radius 2 is 2.00 bits per heavy atom. The summed E-state index contributed by atoms with van der Waals surface area (Å²) in [6.07, 6.45) is 6.89. The van der Waals surface area contributed by atoms with Crippen LogP contribution in [-0.4, -0.2) is 53.8 Å². The van der Waals surface area contributed by atoms with Crippen molar-refractivity contribution in [2.75, 3.05) is 26.2 Å². The molecule has 2 aromatic rings. The smallest absolute Gasteiger partial charge is 0.264 e. The van der Waals surface area contributed by atoms with Gasteiger partial charge in [0.25, 0.3) is 5.91 Å². The Morgan fingerprint density at radius 1 is 1.14 bits per heavy atom. The van der Waals surface area contributed by atoms with Gasteiger partial charge in [0, 0.05) is 13.1 Å². The van der Waals surface area contributed by atoms with Crippen molar-refractivity contribution < 1.29 is 14.0 Å². The third-order valence-corrected chi connectivity index (χ3v) is 6.58. The topological polar surface area (TPSA) is 65.8 Å². The standard InChI is InChI=1S/C21H27N3O3S/c25-20(16-7-4-12-24(16)21(26)19-9-6-14-28-19)22-15-17(18-8-5-13-27-18)23-10-2-1-3-11-23/h5-6,8-9,13-14,16-17H,1-4,7,10-12,15H2,(H,22,25). The van der Waals surface area contributed by atoms with Crippen LogP contribution in [0, 0.1) is 0 Å². The summed E-state index contributed by atoms with van der Waals surface area (Å²) >= 11 is 1.42. The number of likely N-dealkylation sites (tertiary alicyclic amines) is 2. The molecule has 1 N–H and O–H groups in total. The lowest BCUT2D eigenvalue weighted by molar-refractivity contribution is -0.125. The van der Waals surface area contributed by atoms with E-state index >= 15 is 0 Å². The maximum atomic E-state index is 12.9. The lowest BCUT2D eigenvalue weighted by Gasteiger charge is -2.34. The largest absolute Gasteiger partial charge is 0.468 e. The monoisotopic (exact) mass is 401 g/mol. The molecule has 2 saturated heterocycles. The van der Waals surface area contributed by atoms with Gasteiger partial charge >= 0.3 is 0 Å². The molecule has 2 atom stereocenters. The highest BCUT2D eigenvalue weighted by molar-refractivity contribution is 7.12. The van der Waals surface area contributed by atoms with Crippen LogP contribution in [0.1, 0.15) is 53.6 Å². The van der Waals surface area contributed by atoms with Gasteiger partial charge in [-0.1, -0.05) is 12.5 Å². The van der Waals surface area contributed by atoms with Crippen LogP contribution in [0.3, 0.4) is 0 Å². The highest BCUT2D eigenvalue weighted by Gasteiger charge is 2.35. The van der Waals surface area contributed by atoms with Crippen LogP contribution >= 0.6 is 11.3 Å². The number of piperidine rings is 1. The molecule has 0 spiro atoms. The van der Waals surface area contributed by atoms with Crippen LogP contribution in [0.2, 0.25) is 0 Å². The number of thiophene rings is 1. The molecule has 4 heterocycles. The number of nitrogens with one attached hydrogen (secondary N) is 1. The molecule has 2 amide bonds. The summed E-state index contributed by atoms with van der Waals surface area (Å²) < 4.78 is 5.66. The van der Waals surface area contributed by atoms with Crippen molar-refractivity contribution in [3.8, 4) is 0 Å². The first-order chi connectivity index (χ1) is 13.7. The van der Waals surface area contributed by atoms with E-state index in [2.05, 4.69) is 10.2 Å². The van der Waals surface area contributed by atoms with E-state index in [0.29, 0.717) is 18.0 Å². The molecule has 28 heavy (non-hydrogen) atoms. The van der Waals surface area contributed by atoms with Crippen molar-refractivity contribution in [3.05, 3.63) is 46.5 Å². The van der Waals surface area contributed by atoms with Crippen LogP contribution in [0.25, 0.3) is 0 Å². The highest BCUT2D eigenvalue weighted by atomic mass is 32.1. The normalized spacial score (nSPS) is 21.6. The number of hydrogen-bond donors (Lipinski definition) is 1. The number of rotatable bonds is 6. The van der Waals surface area contributed by atoms with E-state index in [-0.39, 0.29) is 23.9 Å². The van der Waals surface area contributed by atoms with Gasteiger partial charge in [-0.2, -0.15) is 0 Å². The van der Waals surface area contributed by atoms with Gasteiger partial charge < -0.3 is 14.6 Å². The molecule has 2 unspecified atom stereocenters. The average molecular weight is 402 g/mol. The van der Waals surface area contributed by atoms with Crippen LogP contribution in [-0.2, 0) is 4.79 Å². The van der Waals surface area contributed by atoms with Crippen molar-refractivity contribution in [1.82, 2.24) is 15.1 Å². The zero-order valence-electron chi connectivity index (χ0n) is 16.0. The lowest BCUT2D eigenvalue weighted by atomic mass is 10.1. The van der Waals surface area contributed by atoms with Crippen LogP contribution in [0.15, 0.2) is 40.3 Å². The molecule has 2 aliphatic rings. The molecule has 0 bridgehead atoms. The second kappa shape index (κ2) is 8.92. The maximum absolute atomic E-state index is 12.9. The molecule has 7 heteroatoms. The van der Waals surface area contributed by atoms with E-state index in [4.69, 9.17) is 4.42 Å². The second-order valence-electron chi connectivity index (χ2n) is 7.51. The van der Waals surface area contributed by atoms with Gasteiger partial charge in [-0.15, -0.1) is 11.3 Å². The Labute approximate surface area is 169 Å². The summed E-state index contributed by atoms with van der Waals surface area (Å²) in [7, 11) is 0. The fourth-order valence-electron chi connectivity index (χ4n) is 4.26. The summed E-state index contributed by atoms with van der Waals surface area (Å²) in [5, 5.41) is 5.00. The van der Waals surface area contributed by atoms with Crippen molar-refractivity contribution >= 4 is 23.2 Å². The van der Waals surface area contributed by atoms with E-state index in [1.807, 2.05) is 29.6 Å². The molecular weight excluding hydrogens is 374 g/mol. The predicted octanol–water partition coefficient (Wildman–Crippen LogP) is 3.29. The zero-order valence-corrected chi connectivity index (χ0v) is 16.8. The van der Waals surface area contributed by atoms with E-state index in [0.717, 1.165) is 31.7 Å². The minimum absolute atomic E-state index is 0.0359. The van der Waals surface area contributed by atoms with Gasteiger partial charge in [0.2, 0.25) is 5.91 Å². The molecule has 2 fully saturated rings. The predicted molar refractivity (Wildman–Crippen MR) is 108 cm³/mol. The molecule has 2 aliphatic heterocycles. The SMILES string of the molecule is O=C(NCC(c1ccco1)N1CCCCC1)C1CCCN1C(=O)c1cccs1. The second-order valence-corrected chi connectivity index (χ2v) is 8.45. The summed E-state index contributed by atoms with van der Waals surface area (Å²) in [6.45, 7) is 3.19. The molecule has 6 nitrogen and oxygen atoms in total. The Bertz CT molecular complexity index is 769. The van der Waals surface area contributed by atoms with E-state index in [1.165, 1.54) is 30.6 Å². The summed E-state index contributed by atoms with van der Waals surface area (Å²) in [5.74, 6) is 0.794. The molecule has 150 valence electrons. The van der Waals surface area contributed by atoms with Crippen molar-refractivity contribution in [2.24, 2.45) is 0 Å². The summed E-state index contributed by atoms with van der Waals surface area (Å²) in [6, 6.07) is 7.23. The Hall–Kier alpha value is -2.12. The molecule has 0 aliphatic carbocycles. The summed E-state index contributed by atoms with van der Waals surface area (Å²) in [5.41, 5.74) is 0. The first-order valence-corrected chi connectivity index (χ1v) is 11.0. The fraction of sp³-hybridized carbons (Fsp3) is 0.524. The van der Waals surface area contributed by atoms with E-state index in [9.17, 15) is 9.59 Å². The van der Waals surface area contributed by atoms with Gasteiger partial charge in [-0.3, -0.25) is 14.5 Å². The first kappa shape index (κ1) is 19.2.